The van der Waals surface area contributed by atoms with E-state index in [1.54, 1.807) is 24.3 Å². The summed E-state index contributed by atoms with van der Waals surface area (Å²) in [4.78, 5) is 0.126. The van der Waals surface area contributed by atoms with E-state index in [1.807, 2.05) is 26.0 Å². The molecule has 0 radical (unpaired) electrons. The number of anilines is 1. The molecule has 2 aromatic rings. The van der Waals surface area contributed by atoms with Crippen LogP contribution in [0.2, 0.25) is 0 Å². The first kappa shape index (κ1) is 14.4. The first-order valence-corrected chi connectivity index (χ1v) is 7.65. The van der Waals surface area contributed by atoms with Gasteiger partial charge in [-0.15, -0.1) is 0 Å². The van der Waals surface area contributed by atoms with Gasteiger partial charge in [-0.05, 0) is 49.2 Å². The van der Waals surface area contributed by atoms with E-state index in [0.29, 0.717) is 11.4 Å². The Morgan fingerprint density at radius 2 is 1.70 bits per heavy atom. The first-order chi connectivity index (χ1) is 9.44. The van der Waals surface area contributed by atoms with Crippen molar-refractivity contribution in [2.75, 3.05) is 11.8 Å². The zero-order valence-corrected chi connectivity index (χ0v) is 12.5. The smallest absolute Gasteiger partial charge is 0.265 e. The molecule has 1 N–H and O–H groups in total. The molecule has 0 fully saturated rings. The van der Waals surface area contributed by atoms with Gasteiger partial charge in [-0.2, -0.15) is 0 Å². The highest BCUT2D eigenvalue weighted by atomic mass is 32.2. The second-order valence-corrected chi connectivity index (χ2v) is 6.21. The van der Waals surface area contributed by atoms with Gasteiger partial charge in [0.05, 0.1) is 7.11 Å². The van der Waals surface area contributed by atoms with Gasteiger partial charge in [-0.1, -0.05) is 18.2 Å². The summed E-state index contributed by atoms with van der Waals surface area (Å²) in [6.07, 6.45) is 0. The van der Waals surface area contributed by atoms with Crippen LogP contribution in [0.3, 0.4) is 0 Å². The summed E-state index contributed by atoms with van der Waals surface area (Å²) in [5.41, 5.74) is 2.69. The van der Waals surface area contributed by atoms with Gasteiger partial charge in [0.15, 0.2) is 0 Å². The average Bonchev–Trinajstić information content (AvgIpc) is 2.42. The van der Waals surface area contributed by atoms with E-state index in [1.165, 1.54) is 13.2 Å². The fourth-order valence-corrected chi connectivity index (χ4v) is 3.08. The van der Waals surface area contributed by atoms with Gasteiger partial charge in [0.1, 0.15) is 10.6 Å². The summed E-state index contributed by atoms with van der Waals surface area (Å²) in [5, 5.41) is 0. The van der Waals surface area contributed by atoms with Gasteiger partial charge in [-0.25, -0.2) is 8.42 Å². The Bertz CT molecular complexity index is 724. The summed E-state index contributed by atoms with van der Waals surface area (Å²) in [6.45, 7) is 3.92. The van der Waals surface area contributed by atoms with Crippen molar-refractivity contribution >= 4 is 15.7 Å². The van der Waals surface area contributed by atoms with Crippen molar-refractivity contribution in [3.63, 3.8) is 0 Å². The molecule has 0 aliphatic rings. The second kappa shape index (κ2) is 5.54. The zero-order valence-electron chi connectivity index (χ0n) is 11.7. The number of methoxy groups -OCH3 is 1. The highest BCUT2D eigenvalue weighted by molar-refractivity contribution is 7.92. The van der Waals surface area contributed by atoms with E-state index in [-0.39, 0.29) is 4.90 Å². The summed E-state index contributed by atoms with van der Waals surface area (Å²) in [5.74, 6) is 0.323. The quantitative estimate of drug-likeness (QED) is 0.941. The number of nitrogens with one attached hydrogen (secondary N) is 1. The zero-order chi connectivity index (χ0) is 14.8. The molecule has 0 aromatic heterocycles. The van der Waals surface area contributed by atoms with Crippen LogP contribution in [0.1, 0.15) is 11.1 Å². The third-order valence-electron chi connectivity index (χ3n) is 3.12. The van der Waals surface area contributed by atoms with Crippen LogP contribution >= 0.6 is 0 Å². The van der Waals surface area contributed by atoms with Crippen LogP contribution in [0.5, 0.6) is 5.75 Å². The Labute approximate surface area is 119 Å². The Hall–Kier alpha value is -2.01. The minimum absolute atomic E-state index is 0.126. The number of sulfonamides is 1. The number of para-hydroxylation sites is 1. The lowest BCUT2D eigenvalue weighted by atomic mass is 10.1. The number of benzene rings is 2. The molecule has 0 heterocycles. The van der Waals surface area contributed by atoms with E-state index in [2.05, 4.69) is 4.72 Å². The van der Waals surface area contributed by atoms with Crippen molar-refractivity contribution in [3.05, 3.63) is 53.6 Å². The van der Waals surface area contributed by atoms with Crippen LogP contribution in [0.25, 0.3) is 0 Å². The van der Waals surface area contributed by atoms with Crippen LogP contribution in [-0.2, 0) is 10.0 Å². The fourth-order valence-electron chi connectivity index (χ4n) is 1.86. The van der Waals surface area contributed by atoms with Crippen molar-refractivity contribution in [1.29, 1.82) is 0 Å². The maximum Gasteiger partial charge on any atom is 0.265 e. The molecule has 0 spiro atoms. The Balaban J connectivity index is 2.38. The molecular weight excluding hydrogens is 274 g/mol. The van der Waals surface area contributed by atoms with E-state index < -0.39 is 10.0 Å². The lowest BCUT2D eigenvalue weighted by Crippen LogP contribution is -2.14. The Morgan fingerprint density at radius 1 is 1.00 bits per heavy atom. The van der Waals surface area contributed by atoms with Crippen LogP contribution in [0.4, 0.5) is 5.69 Å². The topological polar surface area (TPSA) is 55.4 Å². The summed E-state index contributed by atoms with van der Waals surface area (Å²) in [6, 6.07) is 12.0. The third kappa shape index (κ3) is 2.93. The molecule has 0 saturated carbocycles. The Morgan fingerprint density at radius 3 is 2.35 bits per heavy atom. The SMILES string of the molecule is COc1ccccc1S(=O)(=O)Nc1ccc(C)c(C)c1. The molecule has 20 heavy (non-hydrogen) atoms. The fraction of sp³-hybridized carbons (Fsp3) is 0.200. The van der Waals surface area contributed by atoms with E-state index in [9.17, 15) is 8.42 Å². The van der Waals surface area contributed by atoms with Gasteiger partial charge < -0.3 is 4.74 Å². The van der Waals surface area contributed by atoms with Crippen molar-refractivity contribution in [2.24, 2.45) is 0 Å². The molecule has 0 atom stereocenters. The van der Waals surface area contributed by atoms with E-state index >= 15 is 0 Å². The van der Waals surface area contributed by atoms with E-state index in [0.717, 1.165) is 11.1 Å². The number of hydrogen-bond acceptors (Lipinski definition) is 3. The van der Waals surface area contributed by atoms with Crippen LogP contribution in [-0.4, -0.2) is 15.5 Å². The predicted octanol–water partition coefficient (Wildman–Crippen LogP) is 3.11. The van der Waals surface area contributed by atoms with Crippen LogP contribution in [0.15, 0.2) is 47.4 Å². The van der Waals surface area contributed by atoms with E-state index in [4.69, 9.17) is 4.74 Å². The highest BCUT2D eigenvalue weighted by Crippen LogP contribution is 2.25. The number of ether oxygens (including phenoxy) is 1. The molecule has 0 aliphatic carbocycles. The molecule has 0 amide bonds. The molecular formula is C15H17NO3S. The normalized spacial score (nSPS) is 11.2. The molecule has 0 saturated heterocycles. The number of rotatable bonds is 4. The van der Waals surface area contributed by atoms with Gasteiger partial charge in [0, 0.05) is 5.69 Å². The van der Waals surface area contributed by atoms with Crippen molar-refractivity contribution in [1.82, 2.24) is 0 Å². The highest BCUT2D eigenvalue weighted by Gasteiger charge is 2.19. The van der Waals surface area contributed by atoms with Crippen LogP contribution in [0, 0.1) is 13.8 Å². The van der Waals surface area contributed by atoms with Gasteiger partial charge in [-0.3, -0.25) is 4.72 Å². The maximum atomic E-state index is 12.4. The monoisotopic (exact) mass is 291 g/mol. The predicted molar refractivity (Wildman–Crippen MR) is 79.7 cm³/mol. The molecule has 0 bridgehead atoms. The molecule has 106 valence electrons. The maximum absolute atomic E-state index is 12.4. The van der Waals surface area contributed by atoms with Gasteiger partial charge in [0.25, 0.3) is 10.0 Å². The minimum atomic E-state index is -3.66. The third-order valence-corrected chi connectivity index (χ3v) is 4.54. The van der Waals surface area contributed by atoms with Crippen molar-refractivity contribution < 1.29 is 13.2 Å². The van der Waals surface area contributed by atoms with Crippen LogP contribution < -0.4 is 9.46 Å². The molecule has 5 heteroatoms. The van der Waals surface area contributed by atoms with Crippen molar-refractivity contribution in [2.45, 2.75) is 18.7 Å². The van der Waals surface area contributed by atoms with Gasteiger partial charge in [0.2, 0.25) is 0 Å². The first-order valence-electron chi connectivity index (χ1n) is 6.17. The summed E-state index contributed by atoms with van der Waals surface area (Å²) >= 11 is 0. The Kier molecular flexibility index (Phi) is 3.99. The number of hydrogen-bond donors (Lipinski definition) is 1. The molecule has 2 rings (SSSR count). The molecule has 2 aromatic carbocycles. The average molecular weight is 291 g/mol. The number of aryl methyl sites for hydroxylation is 2. The summed E-state index contributed by atoms with van der Waals surface area (Å²) in [7, 11) is -2.21. The standard InChI is InChI=1S/C15H17NO3S/c1-11-8-9-13(10-12(11)2)16-20(17,18)15-7-5-4-6-14(15)19-3/h4-10,16H,1-3H3. The summed E-state index contributed by atoms with van der Waals surface area (Å²) < 4.78 is 32.4. The van der Waals surface area contributed by atoms with Crippen molar-refractivity contribution in [3.8, 4) is 5.75 Å². The molecule has 4 nitrogen and oxygen atoms in total. The van der Waals surface area contributed by atoms with Gasteiger partial charge >= 0.3 is 0 Å². The molecule has 0 unspecified atom stereocenters. The largest absolute Gasteiger partial charge is 0.495 e. The second-order valence-electron chi connectivity index (χ2n) is 4.56. The minimum Gasteiger partial charge on any atom is -0.495 e. The lowest BCUT2D eigenvalue weighted by molar-refractivity contribution is 0.403. The molecule has 0 aliphatic heterocycles. The lowest BCUT2D eigenvalue weighted by Gasteiger charge is -2.12.